The topological polar surface area (TPSA) is 72.5 Å². The van der Waals surface area contributed by atoms with Crippen LogP contribution in [0.1, 0.15) is 136 Å². The van der Waals surface area contributed by atoms with Crippen molar-refractivity contribution in [3.05, 3.63) is 48.5 Å². The number of hydrogen-bond acceptors (Lipinski definition) is 7. The molecular weight excluding hydrogens is 647 g/mol. The van der Waals surface area contributed by atoms with Crippen LogP contribution in [0, 0.1) is 0 Å². The van der Waals surface area contributed by atoms with E-state index >= 15 is 4.57 Å². The zero-order valence-electron chi connectivity index (χ0n) is 31.8. The Hall–Kier alpha value is -1.89. The number of benzene rings is 2. The highest BCUT2D eigenvalue weighted by atomic mass is 31.2. The van der Waals surface area contributed by atoms with Gasteiger partial charge in [0.25, 0.3) is 7.37 Å². The Morgan fingerprint density at radius 1 is 0.560 bits per heavy atom. The largest absolute Gasteiger partial charge is 0.490 e. The third kappa shape index (κ3) is 16.2. The molecule has 0 amide bonds. The molecule has 0 aromatic heterocycles. The highest BCUT2D eigenvalue weighted by molar-refractivity contribution is 7.74. The Bertz CT molecular complexity index is 1090. The summed E-state index contributed by atoms with van der Waals surface area (Å²) in [5.74, 6) is 1.11. The van der Waals surface area contributed by atoms with E-state index in [4.69, 9.17) is 28.2 Å². The fraction of sp³-hybridized carbons (Fsp3) is 0.714. The van der Waals surface area contributed by atoms with Crippen molar-refractivity contribution >= 4 is 18.0 Å². The van der Waals surface area contributed by atoms with E-state index in [1.165, 1.54) is 89.9 Å². The monoisotopic (exact) mass is 716 g/mol. The normalized spacial score (nSPS) is 18.9. The predicted molar refractivity (Wildman–Crippen MR) is 207 cm³/mol. The molecule has 3 rings (SSSR count). The van der Waals surface area contributed by atoms with Crippen molar-refractivity contribution in [2.24, 2.45) is 0 Å². The van der Waals surface area contributed by atoms with E-state index < -0.39 is 7.37 Å². The van der Waals surface area contributed by atoms with E-state index in [2.05, 4.69) is 13.8 Å². The van der Waals surface area contributed by atoms with Crippen molar-refractivity contribution in [1.82, 2.24) is 0 Å². The highest BCUT2D eigenvalue weighted by Gasteiger charge is 2.35. The van der Waals surface area contributed by atoms with E-state index in [1.807, 2.05) is 55.5 Å². The van der Waals surface area contributed by atoms with E-state index in [9.17, 15) is 0 Å². The lowest BCUT2D eigenvalue weighted by atomic mass is 10.1. The van der Waals surface area contributed by atoms with Crippen molar-refractivity contribution in [3.63, 3.8) is 0 Å². The summed E-state index contributed by atoms with van der Waals surface area (Å²) < 4.78 is 52.8. The molecule has 2 aromatic rings. The zero-order valence-corrected chi connectivity index (χ0v) is 32.7. The molecule has 2 aromatic carbocycles. The number of hydrogen-bond donors (Lipinski definition) is 0. The van der Waals surface area contributed by atoms with Crippen molar-refractivity contribution < 1.29 is 32.8 Å². The van der Waals surface area contributed by atoms with Gasteiger partial charge in [0.2, 0.25) is 0 Å². The van der Waals surface area contributed by atoms with Crippen LogP contribution in [0.2, 0.25) is 0 Å². The van der Waals surface area contributed by atoms with E-state index in [1.54, 1.807) is 0 Å². The Morgan fingerprint density at radius 2 is 0.960 bits per heavy atom. The second-order valence-corrected chi connectivity index (χ2v) is 16.0. The van der Waals surface area contributed by atoms with Gasteiger partial charge in [-0.1, -0.05) is 141 Å². The lowest BCUT2D eigenvalue weighted by molar-refractivity contribution is -0.0445. The molecule has 0 aliphatic carbocycles. The molecule has 0 saturated carbocycles. The van der Waals surface area contributed by atoms with Crippen LogP contribution in [-0.4, -0.2) is 58.5 Å². The fourth-order valence-electron chi connectivity index (χ4n) is 6.55. The number of ether oxygens (including phenoxy) is 5. The second-order valence-electron chi connectivity index (χ2n) is 13.7. The minimum atomic E-state index is -3.58. The van der Waals surface area contributed by atoms with Gasteiger partial charge < -0.3 is 28.2 Å². The molecule has 7 nitrogen and oxygen atoms in total. The Kier molecular flexibility index (Phi) is 22.8. The summed E-state index contributed by atoms with van der Waals surface area (Å²) in [4.78, 5) is 0. The molecule has 50 heavy (non-hydrogen) atoms. The Morgan fingerprint density at radius 3 is 1.38 bits per heavy atom. The summed E-state index contributed by atoms with van der Waals surface area (Å²) in [6, 6.07) is 15.1. The van der Waals surface area contributed by atoms with Gasteiger partial charge in [-0.15, -0.1) is 0 Å². The molecule has 0 unspecified atom stereocenters. The molecule has 0 radical (unpaired) electrons. The average molecular weight is 717 g/mol. The molecule has 1 aliphatic heterocycles. The molecule has 0 spiro atoms. The molecular formula is C42H69O7P. The van der Waals surface area contributed by atoms with Gasteiger partial charge in [-0.3, -0.25) is 4.57 Å². The standard InChI is InChI=1S/C42H69O7P/c1-4-7-9-11-13-15-17-19-25-37-35-47-39-27-21-23-29-41(39)50(43,49-6-3)42-30-24-22-28-40(42)48-36-38(46-34-32-44-31-33-45-37)26-20-18-16-14-12-10-8-5-2/h21-24,27-30,37-38H,4-20,25-26,31-36H2,1-3H3/t37-,38-/m0/s1. The lowest BCUT2D eigenvalue weighted by Gasteiger charge is -2.26. The maximum absolute atomic E-state index is 15.1. The van der Waals surface area contributed by atoms with Crippen molar-refractivity contribution in [2.75, 3.05) is 46.2 Å². The van der Waals surface area contributed by atoms with Crippen LogP contribution >= 0.6 is 7.37 Å². The smallest absolute Gasteiger partial charge is 0.268 e. The Balaban J connectivity index is 1.74. The summed E-state index contributed by atoms with van der Waals surface area (Å²) in [7, 11) is -3.58. The van der Waals surface area contributed by atoms with Gasteiger partial charge in [-0.05, 0) is 44.0 Å². The van der Waals surface area contributed by atoms with Gasteiger partial charge in [-0.25, -0.2) is 0 Å². The average Bonchev–Trinajstić information content (AvgIpc) is 3.13. The van der Waals surface area contributed by atoms with Crippen LogP contribution in [-0.2, 0) is 23.3 Å². The predicted octanol–water partition coefficient (Wildman–Crippen LogP) is 10.6. The van der Waals surface area contributed by atoms with E-state index in [0.717, 1.165) is 25.7 Å². The first-order valence-electron chi connectivity index (χ1n) is 20.1. The van der Waals surface area contributed by atoms with Gasteiger partial charge in [0.1, 0.15) is 24.7 Å². The third-order valence-electron chi connectivity index (χ3n) is 9.45. The molecule has 284 valence electrons. The minimum Gasteiger partial charge on any atom is -0.490 e. The van der Waals surface area contributed by atoms with Crippen LogP contribution in [0.4, 0.5) is 0 Å². The van der Waals surface area contributed by atoms with Gasteiger partial charge in [0.15, 0.2) is 0 Å². The molecule has 2 atom stereocenters. The minimum absolute atomic E-state index is 0.0972. The maximum atomic E-state index is 15.1. The molecule has 1 aliphatic rings. The first-order valence-corrected chi connectivity index (χ1v) is 21.7. The lowest BCUT2D eigenvalue weighted by Crippen LogP contribution is -2.29. The summed E-state index contributed by atoms with van der Waals surface area (Å²) >= 11 is 0. The van der Waals surface area contributed by atoms with Gasteiger partial charge in [-0.2, -0.15) is 0 Å². The van der Waals surface area contributed by atoms with Crippen LogP contribution in [0.3, 0.4) is 0 Å². The zero-order chi connectivity index (χ0) is 35.5. The number of rotatable bonds is 20. The van der Waals surface area contributed by atoms with Gasteiger partial charge in [0.05, 0.1) is 55.9 Å². The molecule has 0 bridgehead atoms. The third-order valence-corrected chi connectivity index (χ3v) is 12.1. The van der Waals surface area contributed by atoms with Gasteiger partial charge >= 0.3 is 0 Å². The molecule has 1 heterocycles. The highest BCUT2D eigenvalue weighted by Crippen LogP contribution is 2.49. The van der Waals surface area contributed by atoms with Crippen LogP contribution in [0.15, 0.2) is 48.5 Å². The first kappa shape index (κ1) is 42.5. The summed E-state index contributed by atoms with van der Waals surface area (Å²) in [6.07, 6.45) is 21.8. The summed E-state index contributed by atoms with van der Waals surface area (Å²) in [6.45, 7) is 9.38. The quantitative estimate of drug-likeness (QED) is 0.0998. The molecule has 0 fully saturated rings. The first-order chi connectivity index (χ1) is 24.6. The number of para-hydroxylation sites is 2. The van der Waals surface area contributed by atoms with Crippen LogP contribution in [0.5, 0.6) is 11.5 Å². The SMILES string of the molecule is CCCCCCCCCC[C@H]1COc2ccccc2P(=O)(OCC)c2ccccc2OC[C@H](CCCCCCCCCC)OCCOCCO1. The Labute approximate surface area is 304 Å². The summed E-state index contributed by atoms with van der Waals surface area (Å²) in [5.41, 5.74) is 0. The van der Waals surface area contributed by atoms with Crippen LogP contribution < -0.4 is 20.1 Å². The number of fused-ring (bicyclic) bond motifs is 2. The van der Waals surface area contributed by atoms with Crippen molar-refractivity contribution in [3.8, 4) is 11.5 Å². The van der Waals surface area contributed by atoms with Crippen LogP contribution in [0.25, 0.3) is 0 Å². The second kappa shape index (κ2) is 26.8. The molecule has 0 N–H and O–H groups in total. The van der Waals surface area contributed by atoms with E-state index in [-0.39, 0.29) is 18.8 Å². The van der Waals surface area contributed by atoms with Gasteiger partial charge in [0, 0.05) is 0 Å². The number of unbranched alkanes of at least 4 members (excludes halogenated alkanes) is 14. The fourth-order valence-corrected chi connectivity index (χ4v) is 8.88. The van der Waals surface area contributed by atoms with Crippen molar-refractivity contribution in [1.29, 1.82) is 0 Å². The summed E-state index contributed by atoms with van der Waals surface area (Å²) in [5, 5.41) is 1.08. The molecule has 0 saturated heterocycles. The van der Waals surface area contributed by atoms with Crippen molar-refractivity contribution in [2.45, 2.75) is 149 Å². The maximum Gasteiger partial charge on any atom is 0.268 e. The molecule has 8 heteroatoms. The van der Waals surface area contributed by atoms with E-state index in [0.29, 0.717) is 61.7 Å².